The molecule has 1 atom stereocenters. The lowest BCUT2D eigenvalue weighted by Gasteiger charge is -2.32. The largest absolute Gasteiger partial charge is 0.426 e. The molecule has 0 saturated carbocycles. The maximum absolute atomic E-state index is 12.3. The molecule has 0 fully saturated rings. The van der Waals surface area contributed by atoms with Crippen molar-refractivity contribution in [2.24, 2.45) is 5.92 Å². The lowest BCUT2D eigenvalue weighted by Crippen LogP contribution is -2.38. The molecule has 164 valence electrons. The van der Waals surface area contributed by atoms with Gasteiger partial charge in [-0.2, -0.15) is 0 Å². The van der Waals surface area contributed by atoms with Crippen LogP contribution in [0, 0.1) is 5.92 Å². The summed E-state index contributed by atoms with van der Waals surface area (Å²) < 4.78 is 5.78. The van der Waals surface area contributed by atoms with Crippen LogP contribution < -0.4 is 4.74 Å². The highest BCUT2D eigenvalue weighted by molar-refractivity contribution is 5.75. The molecule has 30 heavy (non-hydrogen) atoms. The maximum atomic E-state index is 12.3. The molecule has 2 aromatic carbocycles. The van der Waals surface area contributed by atoms with Crippen LogP contribution in [-0.4, -0.2) is 34.6 Å². The van der Waals surface area contributed by atoms with E-state index in [1.54, 1.807) is 0 Å². The van der Waals surface area contributed by atoms with Gasteiger partial charge in [0.05, 0.1) is 12.5 Å². The van der Waals surface area contributed by atoms with Gasteiger partial charge in [0.2, 0.25) is 0 Å². The standard InChI is InChI=1S/C26H37NO3/c1-18(2)26(29)30-25-13-12-21(17-28)16-24(25)23(22-10-8-7-9-11-22)14-15-27(19(3)4)20(5)6/h7-13,16,18-20,23,28H,14-15,17H2,1-6H3. The number of rotatable bonds is 10. The maximum Gasteiger partial charge on any atom is 0.313 e. The van der Waals surface area contributed by atoms with Crippen LogP contribution in [0.2, 0.25) is 0 Å². The van der Waals surface area contributed by atoms with Crippen molar-refractivity contribution in [2.75, 3.05) is 6.54 Å². The van der Waals surface area contributed by atoms with Crippen molar-refractivity contribution in [1.29, 1.82) is 0 Å². The summed E-state index contributed by atoms with van der Waals surface area (Å²) in [5.41, 5.74) is 2.95. The molecule has 0 spiro atoms. The number of hydrogen-bond donors (Lipinski definition) is 1. The normalized spacial score (nSPS) is 12.8. The number of esters is 1. The van der Waals surface area contributed by atoms with Crippen molar-refractivity contribution in [3.05, 3.63) is 65.2 Å². The third-order valence-corrected chi connectivity index (χ3v) is 5.52. The molecular formula is C26H37NO3. The van der Waals surface area contributed by atoms with Crippen LogP contribution in [0.1, 0.15) is 70.6 Å². The zero-order valence-electron chi connectivity index (χ0n) is 19.3. The van der Waals surface area contributed by atoms with Gasteiger partial charge in [0.15, 0.2) is 0 Å². The summed E-state index contributed by atoms with van der Waals surface area (Å²) in [7, 11) is 0. The van der Waals surface area contributed by atoms with E-state index in [4.69, 9.17) is 4.74 Å². The van der Waals surface area contributed by atoms with Gasteiger partial charge in [-0.05, 0) is 63.9 Å². The van der Waals surface area contributed by atoms with Gasteiger partial charge in [0, 0.05) is 23.6 Å². The molecule has 4 nitrogen and oxygen atoms in total. The third-order valence-electron chi connectivity index (χ3n) is 5.52. The van der Waals surface area contributed by atoms with Gasteiger partial charge >= 0.3 is 5.97 Å². The van der Waals surface area contributed by atoms with Crippen molar-refractivity contribution in [2.45, 2.75) is 72.6 Å². The highest BCUT2D eigenvalue weighted by atomic mass is 16.5. The minimum Gasteiger partial charge on any atom is -0.426 e. The second kappa shape index (κ2) is 11.3. The Labute approximate surface area is 181 Å². The molecule has 0 aromatic heterocycles. The van der Waals surface area contributed by atoms with E-state index >= 15 is 0 Å². The van der Waals surface area contributed by atoms with Gasteiger partial charge in [-0.25, -0.2) is 0 Å². The third kappa shape index (κ3) is 6.41. The smallest absolute Gasteiger partial charge is 0.313 e. The van der Waals surface area contributed by atoms with E-state index in [2.05, 4.69) is 44.7 Å². The fraction of sp³-hybridized carbons (Fsp3) is 0.500. The number of carbonyl (C=O) groups is 1. The first-order valence-electron chi connectivity index (χ1n) is 11.0. The monoisotopic (exact) mass is 411 g/mol. The number of carbonyl (C=O) groups excluding carboxylic acids is 1. The minimum atomic E-state index is -0.245. The lowest BCUT2D eigenvalue weighted by atomic mass is 9.86. The number of ether oxygens (including phenoxy) is 1. The lowest BCUT2D eigenvalue weighted by molar-refractivity contribution is -0.137. The quantitative estimate of drug-likeness (QED) is 0.421. The van der Waals surface area contributed by atoms with E-state index in [9.17, 15) is 9.90 Å². The fourth-order valence-electron chi connectivity index (χ4n) is 3.87. The first-order chi connectivity index (χ1) is 14.2. The number of nitrogens with zero attached hydrogens (tertiary/aromatic N) is 1. The molecule has 2 rings (SSSR count). The highest BCUT2D eigenvalue weighted by Crippen LogP contribution is 2.36. The predicted octanol–water partition coefficient (Wildman–Crippen LogP) is 5.38. The van der Waals surface area contributed by atoms with E-state index in [0.717, 1.165) is 24.1 Å². The van der Waals surface area contributed by atoms with Crippen molar-refractivity contribution in [3.63, 3.8) is 0 Å². The SMILES string of the molecule is CC(C)C(=O)Oc1ccc(CO)cc1C(CCN(C(C)C)C(C)C)c1ccccc1. The molecule has 0 aliphatic rings. The molecule has 0 aliphatic carbocycles. The molecule has 0 bridgehead atoms. The molecule has 1 unspecified atom stereocenters. The van der Waals surface area contributed by atoms with Crippen LogP contribution >= 0.6 is 0 Å². The van der Waals surface area contributed by atoms with Crippen molar-refractivity contribution in [1.82, 2.24) is 4.90 Å². The zero-order valence-corrected chi connectivity index (χ0v) is 19.3. The van der Waals surface area contributed by atoms with E-state index in [-0.39, 0.29) is 24.4 Å². The average Bonchev–Trinajstić information content (AvgIpc) is 2.71. The van der Waals surface area contributed by atoms with Gasteiger partial charge in [-0.1, -0.05) is 50.2 Å². The van der Waals surface area contributed by atoms with E-state index in [1.807, 2.05) is 50.2 Å². The Morgan fingerprint density at radius 3 is 2.13 bits per heavy atom. The molecular weight excluding hydrogens is 374 g/mol. The van der Waals surface area contributed by atoms with E-state index < -0.39 is 0 Å². The summed E-state index contributed by atoms with van der Waals surface area (Å²) in [5.74, 6) is 0.196. The minimum absolute atomic E-state index is 0.0446. The van der Waals surface area contributed by atoms with Crippen LogP contribution in [0.25, 0.3) is 0 Å². The average molecular weight is 412 g/mol. The summed E-state index contributed by atoms with van der Waals surface area (Å²) in [6.45, 7) is 13.4. The molecule has 0 saturated heterocycles. The van der Waals surface area contributed by atoms with Crippen LogP contribution in [0.15, 0.2) is 48.5 Å². The second-order valence-electron chi connectivity index (χ2n) is 8.78. The first-order valence-corrected chi connectivity index (χ1v) is 11.0. The van der Waals surface area contributed by atoms with Gasteiger partial charge in [0.1, 0.15) is 5.75 Å². The Kier molecular flexibility index (Phi) is 9.07. The number of aliphatic hydroxyl groups is 1. The molecule has 0 radical (unpaired) electrons. The zero-order chi connectivity index (χ0) is 22.3. The van der Waals surface area contributed by atoms with Crippen LogP contribution in [0.5, 0.6) is 5.75 Å². The number of benzene rings is 2. The Balaban J connectivity index is 2.48. The van der Waals surface area contributed by atoms with Crippen LogP contribution in [0.3, 0.4) is 0 Å². The van der Waals surface area contributed by atoms with Crippen LogP contribution in [0.4, 0.5) is 0 Å². The Bertz CT molecular complexity index is 791. The molecule has 1 N–H and O–H groups in total. The first kappa shape index (κ1) is 24.1. The van der Waals surface area contributed by atoms with E-state index in [1.165, 1.54) is 5.56 Å². The van der Waals surface area contributed by atoms with Crippen molar-refractivity contribution in [3.8, 4) is 5.75 Å². The second-order valence-corrected chi connectivity index (χ2v) is 8.78. The Morgan fingerprint density at radius 2 is 1.60 bits per heavy atom. The van der Waals surface area contributed by atoms with Crippen molar-refractivity contribution < 1.29 is 14.6 Å². The summed E-state index contributed by atoms with van der Waals surface area (Å²) >= 11 is 0. The molecule has 0 amide bonds. The topological polar surface area (TPSA) is 49.8 Å². The Morgan fingerprint density at radius 1 is 0.967 bits per heavy atom. The predicted molar refractivity (Wildman–Crippen MR) is 123 cm³/mol. The summed E-state index contributed by atoms with van der Waals surface area (Å²) in [5, 5.41) is 9.72. The van der Waals surface area contributed by atoms with Gasteiger partial charge in [-0.3, -0.25) is 9.69 Å². The molecule has 0 aliphatic heterocycles. The van der Waals surface area contributed by atoms with Gasteiger partial charge in [0.25, 0.3) is 0 Å². The summed E-state index contributed by atoms with van der Waals surface area (Å²) in [6, 6.07) is 16.9. The summed E-state index contributed by atoms with van der Waals surface area (Å²) in [4.78, 5) is 14.8. The molecule has 2 aromatic rings. The van der Waals surface area contributed by atoms with Gasteiger partial charge in [-0.15, -0.1) is 0 Å². The fourth-order valence-corrected chi connectivity index (χ4v) is 3.87. The molecule has 0 heterocycles. The highest BCUT2D eigenvalue weighted by Gasteiger charge is 2.23. The summed E-state index contributed by atoms with van der Waals surface area (Å²) in [6.07, 6.45) is 0.890. The number of aliphatic hydroxyl groups excluding tert-OH is 1. The molecule has 4 heteroatoms. The Hall–Kier alpha value is -2.17. The number of hydrogen-bond acceptors (Lipinski definition) is 4. The van der Waals surface area contributed by atoms with Crippen molar-refractivity contribution >= 4 is 5.97 Å². The van der Waals surface area contributed by atoms with Gasteiger partial charge < -0.3 is 9.84 Å². The van der Waals surface area contributed by atoms with Crippen LogP contribution in [-0.2, 0) is 11.4 Å². The van der Waals surface area contributed by atoms with E-state index in [0.29, 0.717) is 17.8 Å².